The number of ether oxygens (including phenoxy) is 1. The van der Waals surface area contributed by atoms with Crippen molar-refractivity contribution in [3.63, 3.8) is 0 Å². The maximum atomic E-state index is 11.7. The number of aliphatic hydroxyl groups is 2. The molecular formula is C12H24O4. The smallest absolute Gasteiger partial charge is 0.311 e. The van der Waals surface area contributed by atoms with Crippen LogP contribution in [0.4, 0.5) is 0 Å². The lowest BCUT2D eigenvalue weighted by Gasteiger charge is -2.22. The third-order valence-corrected chi connectivity index (χ3v) is 2.96. The van der Waals surface area contributed by atoms with Crippen molar-refractivity contribution in [3.8, 4) is 0 Å². The molecule has 0 bridgehead atoms. The monoisotopic (exact) mass is 232 g/mol. The second-order valence-electron chi connectivity index (χ2n) is 4.73. The summed E-state index contributed by atoms with van der Waals surface area (Å²) in [6.45, 7) is 6.03. The van der Waals surface area contributed by atoms with E-state index in [1.54, 1.807) is 0 Å². The molecule has 0 amide bonds. The molecule has 0 saturated heterocycles. The molecule has 0 rings (SSSR count). The molecule has 0 radical (unpaired) electrons. The summed E-state index contributed by atoms with van der Waals surface area (Å²) in [7, 11) is 0. The number of rotatable bonds is 8. The van der Waals surface area contributed by atoms with Gasteiger partial charge in [0.2, 0.25) is 0 Å². The third-order valence-electron chi connectivity index (χ3n) is 2.96. The van der Waals surface area contributed by atoms with Crippen molar-refractivity contribution in [2.45, 2.75) is 40.0 Å². The van der Waals surface area contributed by atoms with Crippen molar-refractivity contribution < 1.29 is 19.7 Å². The first-order valence-electron chi connectivity index (χ1n) is 5.86. The molecule has 4 heteroatoms. The van der Waals surface area contributed by atoms with Gasteiger partial charge in [-0.05, 0) is 39.0 Å². The number of aliphatic hydroxyl groups excluding tert-OH is 2. The highest BCUT2D eigenvalue weighted by atomic mass is 16.5. The summed E-state index contributed by atoms with van der Waals surface area (Å²) in [6.07, 6.45) is 1.84. The van der Waals surface area contributed by atoms with E-state index in [-0.39, 0.29) is 31.7 Å². The van der Waals surface area contributed by atoms with Gasteiger partial charge in [0.25, 0.3) is 0 Å². The highest BCUT2D eigenvalue weighted by Crippen LogP contribution is 2.22. The first-order valence-corrected chi connectivity index (χ1v) is 5.86. The van der Waals surface area contributed by atoms with Gasteiger partial charge in [0, 0.05) is 13.2 Å². The molecule has 4 nitrogen and oxygen atoms in total. The van der Waals surface area contributed by atoms with E-state index in [9.17, 15) is 4.79 Å². The molecule has 0 heterocycles. The summed E-state index contributed by atoms with van der Waals surface area (Å²) in [6, 6.07) is 0. The largest absolute Gasteiger partial charge is 0.465 e. The predicted molar refractivity (Wildman–Crippen MR) is 61.9 cm³/mol. The Balaban J connectivity index is 4.04. The molecule has 0 spiro atoms. The number of carbonyl (C=O) groups is 1. The standard InChI is InChI=1S/C12H24O4/c1-4-12(2,3)11(15)16-9-10(5-7-13)6-8-14/h10,13-14H,4-9H2,1-3H3. The van der Waals surface area contributed by atoms with Crippen LogP contribution in [0.15, 0.2) is 0 Å². The van der Waals surface area contributed by atoms with Gasteiger partial charge in [0.05, 0.1) is 12.0 Å². The fourth-order valence-corrected chi connectivity index (χ4v) is 1.21. The van der Waals surface area contributed by atoms with Crippen LogP contribution in [0.25, 0.3) is 0 Å². The SMILES string of the molecule is CCC(C)(C)C(=O)OCC(CCO)CCO. The Morgan fingerprint density at radius 1 is 1.25 bits per heavy atom. The van der Waals surface area contributed by atoms with E-state index in [4.69, 9.17) is 14.9 Å². The lowest BCUT2D eigenvalue weighted by Crippen LogP contribution is -2.28. The summed E-state index contributed by atoms with van der Waals surface area (Å²) in [5.74, 6) is -0.164. The Morgan fingerprint density at radius 3 is 2.12 bits per heavy atom. The molecular weight excluding hydrogens is 208 g/mol. The zero-order chi connectivity index (χ0) is 12.6. The fourth-order valence-electron chi connectivity index (χ4n) is 1.21. The summed E-state index contributed by atoms with van der Waals surface area (Å²) in [5.41, 5.74) is -0.455. The fraction of sp³-hybridized carbons (Fsp3) is 0.917. The lowest BCUT2D eigenvalue weighted by molar-refractivity contribution is -0.155. The molecule has 96 valence electrons. The van der Waals surface area contributed by atoms with Crippen LogP contribution in [0, 0.1) is 11.3 Å². The Labute approximate surface area is 97.6 Å². The van der Waals surface area contributed by atoms with Gasteiger partial charge in [-0.1, -0.05) is 6.92 Å². The van der Waals surface area contributed by atoms with Crippen LogP contribution in [-0.2, 0) is 9.53 Å². The van der Waals surface area contributed by atoms with Crippen LogP contribution in [0.1, 0.15) is 40.0 Å². The van der Waals surface area contributed by atoms with Crippen molar-refractivity contribution in [2.24, 2.45) is 11.3 Å². The summed E-state index contributed by atoms with van der Waals surface area (Å²) < 4.78 is 5.20. The first-order chi connectivity index (χ1) is 7.47. The average Bonchev–Trinajstić information content (AvgIpc) is 2.26. The maximum Gasteiger partial charge on any atom is 0.311 e. The van der Waals surface area contributed by atoms with Crippen molar-refractivity contribution in [2.75, 3.05) is 19.8 Å². The molecule has 0 fully saturated rings. The van der Waals surface area contributed by atoms with Crippen molar-refractivity contribution in [1.29, 1.82) is 0 Å². The molecule has 0 aromatic heterocycles. The van der Waals surface area contributed by atoms with Crippen molar-refractivity contribution in [1.82, 2.24) is 0 Å². The van der Waals surface area contributed by atoms with E-state index in [1.165, 1.54) is 0 Å². The molecule has 0 atom stereocenters. The summed E-state index contributed by atoms with van der Waals surface area (Å²) in [4.78, 5) is 11.7. The Hall–Kier alpha value is -0.610. The maximum absolute atomic E-state index is 11.7. The van der Waals surface area contributed by atoms with E-state index in [1.807, 2.05) is 20.8 Å². The van der Waals surface area contributed by atoms with Crippen LogP contribution in [0.3, 0.4) is 0 Å². The first kappa shape index (κ1) is 15.4. The molecule has 0 aliphatic heterocycles. The van der Waals surface area contributed by atoms with Crippen LogP contribution in [0.2, 0.25) is 0 Å². The average molecular weight is 232 g/mol. The van der Waals surface area contributed by atoms with Crippen LogP contribution in [-0.4, -0.2) is 36.0 Å². The van der Waals surface area contributed by atoms with Gasteiger partial charge in [-0.15, -0.1) is 0 Å². The van der Waals surface area contributed by atoms with Crippen LogP contribution in [0.5, 0.6) is 0 Å². The lowest BCUT2D eigenvalue weighted by atomic mass is 9.90. The van der Waals surface area contributed by atoms with E-state index < -0.39 is 5.41 Å². The Kier molecular flexibility index (Phi) is 7.34. The molecule has 0 aliphatic carbocycles. The van der Waals surface area contributed by atoms with Gasteiger partial charge in [-0.2, -0.15) is 0 Å². The minimum absolute atomic E-state index is 0.0478. The number of esters is 1. The van der Waals surface area contributed by atoms with E-state index in [0.717, 1.165) is 6.42 Å². The van der Waals surface area contributed by atoms with Gasteiger partial charge in [0.1, 0.15) is 0 Å². The van der Waals surface area contributed by atoms with Gasteiger partial charge >= 0.3 is 5.97 Å². The minimum Gasteiger partial charge on any atom is -0.465 e. The summed E-state index contributed by atoms with van der Waals surface area (Å²) in [5, 5.41) is 17.6. The van der Waals surface area contributed by atoms with Crippen LogP contribution < -0.4 is 0 Å². The molecule has 0 aromatic rings. The van der Waals surface area contributed by atoms with Gasteiger partial charge in [-0.3, -0.25) is 4.79 Å². The molecule has 0 saturated carbocycles. The number of hydrogen-bond acceptors (Lipinski definition) is 4. The Bertz CT molecular complexity index is 195. The van der Waals surface area contributed by atoms with Crippen LogP contribution >= 0.6 is 0 Å². The van der Waals surface area contributed by atoms with Gasteiger partial charge in [0.15, 0.2) is 0 Å². The van der Waals surface area contributed by atoms with E-state index in [0.29, 0.717) is 12.8 Å². The topological polar surface area (TPSA) is 66.8 Å². The second-order valence-corrected chi connectivity index (χ2v) is 4.73. The molecule has 0 unspecified atom stereocenters. The minimum atomic E-state index is -0.455. The van der Waals surface area contributed by atoms with Gasteiger partial charge in [-0.25, -0.2) is 0 Å². The molecule has 0 aromatic carbocycles. The molecule has 16 heavy (non-hydrogen) atoms. The highest BCUT2D eigenvalue weighted by Gasteiger charge is 2.27. The van der Waals surface area contributed by atoms with Gasteiger partial charge < -0.3 is 14.9 Å². The van der Waals surface area contributed by atoms with Crippen molar-refractivity contribution >= 4 is 5.97 Å². The third kappa shape index (κ3) is 5.47. The quantitative estimate of drug-likeness (QED) is 0.620. The normalized spacial score (nSPS) is 11.9. The zero-order valence-electron chi connectivity index (χ0n) is 10.5. The van der Waals surface area contributed by atoms with Crippen molar-refractivity contribution in [3.05, 3.63) is 0 Å². The zero-order valence-corrected chi connectivity index (χ0v) is 10.5. The molecule has 0 aliphatic rings. The highest BCUT2D eigenvalue weighted by molar-refractivity contribution is 5.75. The van der Waals surface area contributed by atoms with E-state index >= 15 is 0 Å². The molecule has 2 N–H and O–H groups in total. The van der Waals surface area contributed by atoms with E-state index in [2.05, 4.69) is 0 Å². The Morgan fingerprint density at radius 2 is 1.75 bits per heavy atom. The number of hydrogen-bond donors (Lipinski definition) is 2. The number of carbonyl (C=O) groups excluding carboxylic acids is 1. The second kappa shape index (κ2) is 7.63. The summed E-state index contributed by atoms with van der Waals surface area (Å²) >= 11 is 0. The predicted octanol–water partition coefficient (Wildman–Crippen LogP) is 1.35.